The van der Waals surface area contributed by atoms with Gasteiger partial charge in [0.15, 0.2) is 6.10 Å². The Balaban J connectivity index is 1.91. The van der Waals surface area contributed by atoms with Crippen LogP contribution in [0, 0.1) is 17.0 Å². The van der Waals surface area contributed by atoms with E-state index in [2.05, 4.69) is 10.0 Å². The summed E-state index contributed by atoms with van der Waals surface area (Å²) in [6, 6.07) is 8.08. The van der Waals surface area contributed by atoms with Crippen molar-refractivity contribution in [2.75, 3.05) is 10.0 Å². The number of carbonyl (C=O) groups excluding carboxylic acids is 1. The van der Waals surface area contributed by atoms with E-state index in [4.69, 9.17) is 4.74 Å². The first kappa shape index (κ1) is 17.7. The number of ether oxygens (including phenoxy) is 1. The van der Waals surface area contributed by atoms with Crippen LogP contribution in [-0.2, 0) is 14.8 Å². The zero-order valence-corrected chi connectivity index (χ0v) is 14.7. The number of aryl methyl sites for hydroxylation is 1. The number of fused-ring (bicyclic) bond motifs is 1. The molecule has 0 spiro atoms. The van der Waals surface area contributed by atoms with Gasteiger partial charge in [-0.2, -0.15) is 0 Å². The lowest BCUT2D eigenvalue weighted by molar-refractivity contribution is -0.385. The number of hydrogen-bond acceptors (Lipinski definition) is 6. The first-order valence-corrected chi connectivity index (χ1v) is 9.05. The number of sulfonamides is 1. The van der Waals surface area contributed by atoms with Crippen molar-refractivity contribution >= 4 is 33.0 Å². The Hall–Kier alpha value is -3.14. The second kappa shape index (κ2) is 6.30. The summed E-state index contributed by atoms with van der Waals surface area (Å²) in [5.74, 6) is 0.0812. The maximum atomic E-state index is 12.5. The number of rotatable bonds is 4. The summed E-state index contributed by atoms with van der Waals surface area (Å²) in [5, 5.41) is 13.6. The molecule has 2 N–H and O–H groups in total. The van der Waals surface area contributed by atoms with Crippen LogP contribution in [-0.4, -0.2) is 25.4 Å². The Morgan fingerprint density at radius 2 is 1.96 bits per heavy atom. The first-order chi connectivity index (χ1) is 12.2. The third-order valence-electron chi connectivity index (χ3n) is 3.85. The second-order valence-corrected chi connectivity index (χ2v) is 7.45. The molecule has 0 unspecified atom stereocenters. The van der Waals surface area contributed by atoms with Crippen LogP contribution in [0.3, 0.4) is 0 Å². The summed E-state index contributed by atoms with van der Waals surface area (Å²) in [6.07, 6.45) is -0.641. The van der Waals surface area contributed by atoms with Gasteiger partial charge in [0.05, 0.1) is 21.2 Å². The molecule has 136 valence electrons. The Morgan fingerprint density at radius 3 is 2.65 bits per heavy atom. The maximum Gasteiger partial charge on any atom is 0.273 e. The molecule has 0 saturated carbocycles. The number of benzene rings is 2. The molecule has 2 aromatic rings. The minimum absolute atomic E-state index is 0.186. The molecule has 0 aliphatic carbocycles. The summed E-state index contributed by atoms with van der Waals surface area (Å²) >= 11 is 0. The zero-order valence-electron chi connectivity index (χ0n) is 13.8. The van der Waals surface area contributed by atoms with Crippen LogP contribution in [0.15, 0.2) is 41.3 Å². The molecule has 1 aliphatic heterocycles. The average Bonchev–Trinajstić information content (AvgIpc) is 2.56. The molecular formula is C16H15N3O6S. The first-order valence-electron chi connectivity index (χ1n) is 7.57. The fraction of sp³-hybridized carbons (Fsp3) is 0.188. The van der Waals surface area contributed by atoms with Crippen LogP contribution in [0.5, 0.6) is 5.75 Å². The average molecular weight is 377 g/mol. The Kier molecular flexibility index (Phi) is 4.28. The Labute approximate surface area is 149 Å². The lowest BCUT2D eigenvalue weighted by Gasteiger charge is -2.23. The van der Waals surface area contributed by atoms with Crippen molar-refractivity contribution in [3.05, 3.63) is 52.1 Å². The van der Waals surface area contributed by atoms with Crippen molar-refractivity contribution in [1.29, 1.82) is 0 Å². The third kappa shape index (κ3) is 3.31. The molecule has 0 saturated heterocycles. The number of nitrogens with one attached hydrogen (secondary N) is 2. The van der Waals surface area contributed by atoms with Gasteiger partial charge in [-0.15, -0.1) is 0 Å². The molecule has 0 fully saturated rings. The van der Waals surface area contributed by atoms with Crippen LogP contribution >= 0.6 is 0 Å². The highest BCUT2D eigenvalue weighted by atomic mass is 32.2. The van der Waals surface area contributed by atoms with Crippen LogP contribution in [0.1, 0.15) is 12.5 Å². The summed E-state index contributed by atoms with van der Waals surface area (Å²) in [7, 11) is -4.04. The molecule has 0 radical (unpaired) electrons. The van der Waals surface area contributed by atoms with Crippen LogP contribution in [0.25, 0.3) is 0 Å². The number of nitro groups is 1. The summed E-state index contributed by atoms with van der Waals surface area (Å²) < 4.78 is 32.8. The molecule has 0 aromatic heterocycles. The van der Waals surface area contributed by atoms with Gasteiger partial charge in [0.25, 0.3) is 21.6 Å². The highest BCUT2D eigenvalue weighted by Gasteiger charge is 2.25. The quantitative estimate of drug-likeness (QED) is 0.622. The number of nitrogens with zero attached hydrogens (tertiary/aromatic N) is 1. The van der Waals surface area contributed by atoms with E-state index in [-0.39, 0.29) is 22.2 Å². The second-order valence-electron chi connectivity index (χ2n) is 5.77. The lowest BCUT2D eigenvalue weighted by Crippen LogP contribution is -2.34. The van der Waals surface area contributed by atoms with Crippen molar-refractivity contribution in [2.24, 2.45) is 0 Å². The third-order valence-corrected chi connectivity index (χ3v) is 5.23. The lowest BCUT2D eigenvalue weighted by atomic mass is 10.2. The molecule has 3 rings (SSSR count). The van der Waals surface area contributed by atoms with Crippen LogP contribution in [0.2, 0.25) is 0 Å². The zero-order chi connectivity index (χ0) is 19.1. The molecule has 1 amide bonds. The van der Waals surface area contributed by atoms with E-state index in [1.807, 2.05) is 0 Å². The fourth-order valence-corrected chi connectivity index (χ4v) is 3.51. The number of nitro benzene ring substituents is 1. The van der Waals surface area contributed by atoms with Gasteiger partial charge in [0.2, 0.25) is 0 Å². The van der Waals surface area contributed by atoms with Gasteiger partial charge in [0.1, 0.15) is 5.75 Å². The smallest absolute Gasteiger partial charge is 0.273 e. The van der Waals surface area contributed by atoms with Crippen molar-refractivity contribution in [3.8, 4) is 5.75 Å². The Bertz CT molecular complexity index is 1020. The van der Waals surface area contributed by atoms with E-state index in [1.54, 1.807) is 6.92 Å². The normalized spacial score (nSPS) is 16.2. The number of anilines is 2. The predicted octanol–water partition coefficient (Wildman–Crippen LogP) is 2.42. The highest BCUT2D eigenvalue weighted by molar-refractivity contribution is 7.92. The van der Waals surface area contributed by atoms with Gasteiger partial charge in [-0.25, -0.2) is 8.42 Å². The van der Waals surface area contributed by atoms with E-state index in [1.165, 1.54) is 37.3 Å². The van der Waals surface area contributed by atoms with E-state index < -0.39 is 21.1 Å². The van der Waals surface area contributed by atoms with E-state index in [0.29, 0.717) is 17.0 Å². The largest absolute Gasteiger partial charge is 0.479 e. The predicted molar refractivity (Wildman–Crippen MR) is 93.8 cm³/mol. The number of amides is 1. The van der Waals surface area contributed by atoms with Crippen LogP contribution < -0.4 is 14.8 Å². The highest BCUT2D eigenvalue weighted by Crippen LogP contribution is 2.33. The minimum Gasteiger partial charge on any atom is -0.479 e. The number of carbonyl (C=O) groups is 1. The molecule has 2 aromatic carbocycles. The minimum atomic E-state index is -4.04. The van der Waals surface area contributed by atoms with Gasteiger partial charge in [0, 0.05) is 11.6 Å². The monoisotopic (exact) mass is 377 g/mol. The summed E-state index contributed by atoms with van der Waals surface area (Å²) in [4.78, 5) is 21.8. The van der Waals surface area contributed by atoms with Gasteiger partial charge in [-0.05, 0) is 38.1 Å². The fourth-order valence-electron chi connectivity index (χ4n) is 2.44. The molecule has 10 heteroatoms. The summed E-state index contributed by atoms with van der Waals surface area (Å²) in [5.41, 5.74) is 0.596. The molecule has 26 heavy (non-hydrogen) atoms. The topological polar surface area (TPSA) is 128 Å². The Morgan fingerprint density at radius 1 is 1.23 bits per heavy atom. The number of hydrogen-bond donors (Lipinski definition) is 2. The van der Waals surface area contributed by atoms with Crippen molar-refractivity contribution in [2.45, 2.75) is 24.8 Å². The van der Waals surface area contributed by atoms with E-state index >= 15 is 0 Å². The van der Waals surface area contributed by atoms with Crippen molar-refractivity contribution in [1.82, 2.24) is 0 Å². The standard InChI is InChI=1S/C16H15N3O6S/c1-9-3-5-12(8-14(9)19(21)22)26(23,24)18-11-4-6-15-13(7-11)17-16(20)10(2)25-15/h3-8,10,18H,1-2H3,(H,17,20)/t10-/m0/s1. The van der Waals surface area contributed by atoms with E-state index in [9.17, 15) is 23.3 Å². The van der Waals surface area contributed by atoms with Gasteiger partial charge in [-0.1, -0.05) is 6.07 Å². The van der Waals surface area contributed by atoms with Crippen LogP contribution in [0.4, 0.5) is 17.1 Å². The molecule has 0 bridgehead atoms. The maximum absolute atomic E-state index is 12.5. The molecule has 1 aliphatic rings. The van der Waals surface area contributed by atoms with E-state index in [0.717, 1.165) is 6.07 Å². The SMILES string of the molecule is Cc1ccc(S(=O)(=O)Nc2ccc3c(c2)NC(=O)[C@H](C)O3)cc1[N+](=O)[O-]. The molecule has 1 heterocycles. The van der Waals surface area contributed by atoms with Gasteiger partial charge >= 0.3 is 0 Å². The molecule has 9 nitrogen and oxygen atoms in total. The summed E-state index contributed by atoms with van der Waals surface area (Å²) in [6.45, 7) is 3.12. The van der Waals surface area contributed by atoms with Crippen molar-refractivity contribution in [3.63, 3.8) is 0 Å². The molecular weight excluding hydrogens is 362 g/mol. The van der Waals surface area contributed by atoms with Gasteiger partial charge in [-0.3, -0.25) is 19.6 Å². The van der Waals surface area contributed by atoms with Gasteiger partial charge < -0.3 is 10.1 Å². The molecule has 1 atom stereocenters. The van der Waals surface area contributed by atoms with Crippen molar-refractivity contribution < 1.29 is 22.9 Å².